The highest BCUT2D eigenvalue weighted by molar-refractivity contribution is 6.01. The molecule has 1 aliphatic heterocycles. The molecule has 2 amide bonds. The lowest BCUT2D eigenvalue weighted by Gasteiger charge is -2.20. The second kappa shape index (κ2) is 8.46. The fraction of sp³-hybridized carbons (Fsp3) is 0.421. The Labute approximate surface area is 147 Å². The Morgan fingerprint density at radius 1 is 1.44 bits per heavy atom. The number of rotatable bonds is 8. The number of nitrogens with zero attached hydrogens (tertiary/aromatic N) is 1. The summed E-state index contributed by atoms with van der Waals surface area (Å²) in [6, 6.07) is 6.67. The van der Waals surface area contributed by atoms with Crippen molar-refractivity contribution in [2.24, 2.45) is 5.92 Å². The van der Waals surface area contributed by atoms with E-state index < -0.39 is 17.9 Å². The number of allylic oxidation sites excluding steroid dienone is 1. The van der Waals surface area contributed by atoms with Gasteiger partial charge in [-0.15, -0.1) is 6.58 Å². The summed E-state index contributed by atoms with van der Waals surface area (Å²) in [5.41, 5.74) is 1.87. The van der Waals surface area contributed by atoms with Gasteiger partial charge in [-0.2, -0.15) is 0 Å². The number of para-hydroxylation sites is 1. The van der Waals surface area contributed by atoms with Crippen molar-refractivity contribution in [3.8, 4) is 0 Å². The van der Waals surface area contributed by atoms with Crippen LogP contribution in [-0.2, 0) is 20.8 Å². The van der Waals surface area contributed by atoms with E-state index in [0.717, 1.165) is 17.7 Å². The van der Waals surface area contributed by atoms with Crippen LogP contribution in [0.2, 0.25) is 0 Å². The molecule has 1 fully saturated rings. The maximum absolute atomic E-state index is 12.4. The molecule has 2 unspecified atom stereocenters. The molecule has 1 saturated heterocycles. The molecule has 0 aromatic heterocycles. The maximum atomic E-state index is 12.4. The van der Waals surface area contributed by atoms with E-state index in [9.17, 15) is 19.5 Å². The average Bonchev–Trinajstić information content (AvgIpc) is 2.99. The molecular formula is C19H24N2O4. The van der Waals surface area contributed by atoms with Crippen molar-refractivity contribution in [2.75, 3.05) is 11.4 Å². The minimum Gasteiger partial charge on any atom is -0.480 e. The molecule has 1 aliphatic rings. The lowest BCUT2D eigenvalue weighted by Crippen LogP contribution is -2.44. The number of nitrogens with one attached hydrogen (secondary N) is 1. The van der Waals surface area contributed by atoms with Crippen LogP contribution in [0.15, 0.2) is 36.9 Å². The van der Waals surface area contributed by atoms with Crippen LogP contribution in [-0.4, -0.2) is 35.5 Å². The number of anilines is 1. The van der Waals surface area contributed by atoms with Crippen molar-refractivity contribution < 1.29 is 19.5 Å². The topological polar surface area (TPSA) is 86.7 Å². The first kappa shape index (κ1) is 18.7. The van der Waals surface area contributed by atoms with Crippen LogP contribution in [0.1, 0.15) is 31.7 Å². The predicted molar refractivity (Wildman–Crippen MR) is 95.3 cm³/mol. The summed E-state index contributed by atoms with van der Waals surface area (Å²) in [7, 11) is 0. The molecule has 134 valence electrons. The molecule has 0 saturated carbocycles. The molecule has 2 N–H and O–H groups in total. The number of carbonyl (C=O) groups excluding carboxylic acids is 2. The van der Waals surface area contributed by atoms with E-state index in [4.69, 9.17) is 0 Å². The summed E-state index contributed by atoms with van der Waals surface area (Å²) in [4.78, 5) is 37.7. The van der Waals surface area contributed by atoms with Gasteiger partial charge in [-0.1, -0.05) is 31.2 Å². The van der Waals surface area contributed by atoms with Crippen LogP contribution >= 0.6 is 0 Å². The summed E-state index contributed by atoms with van der Waals surface area (Å²) in [6.45, 7) is 5.85. The van der Waals surface area contributed by atoms with Crippen LogP contribution in [0.4, 0.5) is 5.69 Å². The molecule has 1 heterocycles. The molecule has 2 rings (SSSR count). The standard InChI is InChI=1S/C19H24N2O4/c1-3-5-9-15(19(24)25)20-18(23)14-11-17(22)21(12-14)16-10-7-6-8-13(16)4-2/h3,6-8,10,14-15H,1,4-5,9,11-12H2,2H3,(H,20,23)(H,24,25). The minimum absolute atomic E-state index is 0.0949. The van der Waals surface area contributed by atoms with Crippen molar-refractivity contribution in [1.82, 2.24) is 5.32 Å². The van der Waals surface area contributed by atoms with Crippen molar-refractivity contribution in [3.05, 3.63) is 42.5 Å². The zero-order valence-electron chi connectivity index (χ0n) is 14.4. The largest absolute Gasteiger partial charge is 0.480 e. The number of carboxylic acid groups (broad SMARTS) is 1. The van der Waals surface area contributed by atoms with Gasteiger partial charge in [0.2, 0.25) is 11.8 Å². The van der Waals surface area contributed by atoms with Crippen molar-refractivity contribution in [1.29, 1.82) is 0 Å². The minimum atomic E-state index is -1.08. The number of aliphatic carboxylic acids is 1. The summed E-state index contributed by atoms with van der Waals surface area (Å²) >= 11 is 0. The molecule has 6 nitrogen and oxygen atoms in total. The molecule has 0 bridgehead atoms. The number of carbonyl (C=O) groups is 3. The van der Waals surface area contributed by atoms with Crippen LogP contribution in [0.5, 0.6) is 0 Å². The second-order valence-corrected chi connectivity index (χ2v) is 6.15. The van der Waals surface area contributed by atoms with E-state index in [-0.39, 0.29) is 31.2 Å². The lowest BCUT2D eigenvalue weighted by molar-refractivity contribution is -0.142. The molecule has 25 heavy (non-hydrogen) atoms. The quantitative estimate of drug-likeness (QED) is 0.707. The number of benzene rings is 1. The zero-order chi connectivity index (χ0) is 18.4. The van der Waals surface area contributed by atoms with Crippen LogP contribution in [0.3, 0.4) is 0 Å². The molecule has 0 spiro atoms. The average molecular weight is 344 g/mol. The summed E-state index contributed by atoms with van der Waals surface area (Å²) in [5.74, 6) is -2.11. The van der Waals surface area contributed by atoms with Gasteiger partial charge in [0, 0.05) is 18.7 Å². The van der Waals surface area contributed by atoms with E-state index in [2.05, 4.69) is 11.9 Å². The summed E-state index contributed by atoms with van der Waals surface area (Å²) in [5, 5.41) is 11.8. The van der Waals surface area contributed by atoms with Gasteiger partial charge in [0.1, 0.15) is 6.04 Å². The first-order chi connectivity index (χ1) is 12.0. The summed E-state index contributed by atoms with van der Waals surface area (Å²) in [6.07, 6.45) is 3.28. The normalized spacial score (nSPS) is 18.0. The van der Waals surface area contributed by atoms with Gasteiger partial charge in [-0.25, -0.2) is 4.79 Å². The lowest BCUT2D eigenvalue weighted by atomic mass is 10.1. The third-order valence-electron chi connectivity index (χ3n) is 4.43. The van der Waals surface area contributed by atoms with Gasteiger partial charge in [0.15, 0.2) is 0 Å². The molecule has 2 atom stereocenters. The zero-order valence-corrected chi connectivity index (χ0v) is 14.4. The molecular weight excluding hydrogens is 320 g/mol. The Bertz CT molecular complexity index is 671. The van der Waals surface area contributed by atoms with Gasteiger partial charge in [-0.3, -0.25) is 9.59 Å². The third-order valence-corrected chi connectivity index (χ3v) is 4.43. The number of hydrogen-bond donors (Lipinski definition) is 2. The molecule has 1 aromatic carbocycles. The highest BCUT2D eigenvalue weighted by atomic mass is 16.4. The number of carboxylic acids is 1. The highest BCUT2D eigenvalue weighted by Crippen LogP contribution is 2.28. The van der Waals surface area contributed by atoms with E-state index in [1.807, 2.05) is 31.2 Å². The van der Waals surface area contributed by atoms with E-state index in [1.54, 1.807) is 11.0 Å². The van der Waals surface area contributed by atoms with Gasteiger partial charge < -0.3 is 15.3 Å². The highest BCUT2D eigenvalue weighted by Gasteiger charge is 2.37. The second-order valence-electron chi connectivity index (χ2n) is 6.15. The Balaban J connectivity index is 2.07. The van der Waals surface area contributed by atoms with Crippen molar-refractivity contribution in [2.45, 2.75) is 38.6 Å². The number of hydrogen-bond acceptors (Lipinski definition) is 3. The van der Waals surface area contributed by atoms with Gasteiger partial charge >= 0.3 is 5.97 Å². The van der Waals surface area contributed by atoms with E-state index in [0.29, 0.717) is 6.42 Å². The smallest absolute Gasteiger partial charge is 0.326 e. The van der Waals surface area contributed by atoms with Crippen LogP contribution in [0, 0.1) is 5.92 Å². The maximum Gasteiger partial charge on any atom is 0.326 e. The first-order valence-corrected chi connectivity index (χ1v) is 8.50. The van der Waals surface area contributed by atoms with Crippen molar-refractivity contribution >= 4 is 23.5 Å². The molecule has 1 aromatic rings. The SMILES string of the molecule is C=CCCC(NC(=O)C1CC(=O)N(c2ccccc2CC)C1)C(=O)O. The summed E-state index contributed by atoms with van der Waals surface area (Å²) < 4.78 is 0. The molecule has 0 aliphatic carbocycles. The fourth-order valence-electron chi connectivity index (χ4n) is 3.02. The monoisotopic (exact) mass is 344 g/mol. The van der Waals surface area contributed by atoms with Gasteiger partial charge in [0.25, 0.3) is 0 Å². The number of aryl methyl sites for hydroxylation is 1. The van der Waals surface area contributed by atoms with Gasteiger partial charge in [-0.05, 0) is 30.9 Å². The van der Waals surface area contributed by atoms with Crippen LogP contribution in [0.25, 0.3) is 0 Å². The number of amides is 2. The predicted octanol–water partition coefficient (Wildman–Crippen LogP) is 2.14. The Morgan fingerprint density at radius 3 is 2.80 bits per heavy atom. The fourth-order valence-corrected chi connectivity index (χ4v) is 3.02. The molecule has 6 heteroatoms. The first-order valence-electron chi connectivity index (χ1n) is 8.50. The van der Waals surface area contributed by atoms with Gasteiger partial charge in [0.05, 0.1) is 5.92 Å². The Hall–Kier alpha value is -2.63. The molecule has 0 radical (unpaired) electrons. The van der Waals surface area contributed by atoms with E-state index >= 15 is 0 Å². The van der Waals surface area contributed by atoms with E-state index in [1.165, 1.54) is 0 Å². The third kappa shape index (κ3) is 4.47. The Kier molecular flexibility index (Phi) is 6.33. The van der Waals surface area contributed by atoms with Crippen LogP contribution < -0.4 is 10.2 Å². The van der Waals surface area contributed by atoms with Crippen molar-refractivity contribution in [3.63, 3.8) is 0 Å². The Morgan fingerprint density at radius 2 is 2.16 bits per heavy atom.